The van der Waals surface area contributed by atoms with Crippen LogP contribution in [0, 0.1) is 6.92 Å². The zero-order valence-electron chi connectivity index (χ0n) is 10.7. The molecule has 0 aliphatic rings. The van der Waals surface area contributed by atoms with Gasteiger partial charge < -0.3 is 9.84 Å². The van der Waals surface area contributed by atoms with E-state index in [1.165, 1.54) is 12.3 Å². The summed E-state index contributed by atoms with van der Waals surface area (Å²) in [6, 6.07) is 7.07. The van der Waals surface area contributed by atoms with Crippen LogP contribution in [-0.4, -0.2) is 16.1 Å². The molecule has 0 unspecified atom stereocenters. The molecule has 0 saturated heterocycles. The summed E-state index contributed by atoms with van der Waals surface area (Å²) in [7, 11) is 0. The SMILES string of the molecule is Cc1cc(C=CC(=O)O)ccc1Oc1cncc(Cl)c1. The molecule has 5 heteroatoms. The van der Waals surface area contributed by atoms with Crippen LogP contribution in [0.15, 0.2) is 42.7 Å². The van der Waals surface area contributed by atoms with Gasteiger partial charge in [-0.05, 0) is 36.3 Å². The molecule has 20 heavy (non-hydrogen) atoms. The van der Waals surface area contributed by atoms with Crippen molar-refractivity contribution >= 4 is 23.6 Å². The van der Waals surface area contributed by atoms with Gasteiger partial charge in [0.15, 0.2) is 0 Å². The maximum Gasteiger partial charge on any atom is 0.328 e. The molecule has 0 spiro atoms. The fourth-order valence-electron chi connectivity index (χ4n) is 1.63. The first-order chi connectivity index (χ1) is 9.54. The number of nitrogens with zero attached hydrogens (tertiary/aromatic N) is 1. The first-order valence-electron chi connectivity index (χ1n) is 5.84. The zero-order valence-corrected chi connectivity index (χ0v) is 11.5. The number of carbonyl (C=O) groups is 1. The molecule has 0 aliphatic heterocycles. The second-order valence-corrected chi connectivity index (χ2v) is 4.57. The van der Waals surface area contributed by atoms with Crippen molar-refractivity contribution in [2.45, 2.75) is 6.92 Å². The van der Waals surface area contributed by atoms with Gasteiger partial charge in [0, 0.05) is 18.3 Å². The largest absolute Gasteiger partial charge is 0.478 e. The highest BCUT2D eigenvalue weighted by molar-refractivity contribution is 6.30. The van der Waals surface area contributed by atoms with Gasteiger partial charge >= 0.3 is 5.97 Å². The highest BCUT2D eigenvalue weighted by Crippen LogP contribution is 2.27. The zero-order chi connectivity index (χ0) is 14.5. The number of aryl methyl sites for hydroxylation is 1. The van der Waals surface area contributed by atoms with E-state index in [0.29, 0.717) is 16.5 Å². The Hall–Kier alpha value is -2.33. The van der Waals surface area contributed by atoms with E-state index in [-0.39, 0.29) is 0 Å². The maximum absolute atomic E-state index is 10.5. The molecule has 4 nitrogen and oxygen atoms in total. The van der Waals surface area contributed by atoms with Crippen molar-refractivity contribution in [3.8, 4) is 11.5 Å². The number of carboxylic acid groups (broad SMARTS) is 1. The molecule has 1 aromatic carbocycles. The monoisotopic (exact) mass is 289 g/mol. The molecule has 0 fully saturated rings. The van der Waals surface area contributed by atoms with Crippen molar-refractivity contribution in [1.29, 1.82) is 0 Å². The summed E-state index contributed by atoms with van der Waals surface area (Å²) >= 11 is 5.84. The van der Waals surface area contributed by atoms with Gasteiger partial charge in [0.05, 0.1) is 11.2 Å². The van der Waals surface area contributed by atoms with Gasteiger partial charge in [-0.1, -0.05) is 17.7 Å². The van der Waals surface area contributed by atoms with Gasteiger partial charge in [-0.2, -0.15) is 0 Å². The summed E-state index contributed by atoms with van der Waals surface area (Å²) in [6.07, 6.45) is 5.72. The molecule has 2 aromatic rings. The number of rotatable bonds is 4. The first kappa shape index (κ1) is 14.1. The molecule has 0 saturated carbocycles. The van der Waals surface area contributed by atoms with E-state index in [0.717, 1.165) is 17.2 Å². The van der Waals surface area contributed by atoms with Gasteiger partial charge in [-0.15, -0.1) is 0 Å². The quantitative estimate of drug-likeness (QED) is 0.866. The van der Waals surface area contributed by atoms with Crippen LogP contribution in [0.5, 0.6) is 11.5 Å². The Balaban J connectivity index is 2.20. The molecule has 0 bridgehead atoms. The highest BCUT2D eigenvalue weighted by atomic mass is 35.5. The number of hydrogen-bond acceptors (Lipinski definition) is 3. The number of carboxylic acids is 1. The normalized spacial score (nSPS) is 10.7. The third kappa shape index (κ3) is 3.83. The Labute approximate surface area is 121 Å². The Bertz CT molecular complexity index is 668. The summed E-state index contributed by atoms with van der Waals surface area (Å²) in [5.74, 6) is 0.240. The molecule has 102 valence electrons. The van der Waals surface area contributed by atoms with Gasteiger partial charge in [-0.25, -0.2) is 4.79 Å². The molecule has 0 amide bonds. The maximum atomic E-state index is 10.5. The standard InChI is InChI=1S/C15H12ClNO3/c1-10-6-11(3-5-15(18)19)2-4-14(10)20-13-7-12(16)8-17-9-13/h2-9H,1H3,(H,18,19). The Morgan fingerprint density at radius 2 is 2.15 bits per heavy atom. The third-order valence-electron chi connectivity index (χ3n) is 2.52. The number of pyridine rings is 1. The van der Waals surface area contributed by atoms with Crippen molar-refractivity contribution in [3.05, 3.63) is 58.9 Å². The van der Waals surface area contributed by atoms with Gasteiger partial charge in [-0.3, -0.25) is 4.98 Å². The van der Waals surface area contributed by atoms with Gasteiger partial charge in [0.1, 0.15) is 11.5 Å². The summed E-state index contributed by atoms with van der Waals surface area (Å²) in [4.78, 5) is 14.4. The fraction of sp³-hybridized carbons (Fsp3) is 0.0667. The summed E-state index contributed by atoms with van der Waals surface area (Å²) < 4.78 is 5.68. The van der Waals surface area contributed by atoms with Crippen LogP contribution in [0.1, 0.15) is 11.1 Å². The van der Waals surface area contributed by atoms with E-state index in [1.54, 1.807) is 24.4 Å². The van der Waals surface area contributed by atoms with Crippen LogP contribution in [0.25, 0.3) is 6.08 Å². The second kappa shape index (κ2) is 6.21. The van der Waals surface area contributed by atoms with Crippen LogP contribution < -0.4 is 4.74 Å². The Morgan fingerprint density at radius 1 is 1.35 bits per heavy atom. The molecule has 0 radical (unpaired) electrons. The van der Waals surface area contributed by atoms with Crippen LogP contribution in [-0.2, 0) is 4.79 Å². The average Bonchev–Trinajstić information content (AvgIpc) is 2.39. The fourth-order valence-corrected chi connectivity index (χ4v) is 1.80. The average molecular weight is 290 g/mol. The molecule has 1 N–H and O–H groups in total. The van der Waals surface area contributed by atoms with E-state index in [1.807, 2.05) is 13.0 Å². The van der Waals surface area contributed by atoms with E-state index in [2.05, 4.69) is 4.98 Å². The lowest BCUT2D eigenvalue weighted by atomic mass is 10.1. The number of halogens is 1. The van der Waals surface area contributed by atoms with Gasteiger partial charge in [0.25, 0.3) is 0 Å². The van der Waals surface area contributed by atoms with E-state index < -0.39 is 5.97 Å². The van der Waals surface area contributed by atoms with Crippen molar-refractivity contribution in [2.75, 3.05) is 0 Å². The minimum atomic E-state index is -0.979. The topological polar surface area (TPSA) is 59.4 Å². The number of hydrogen-bond donors (Lipinski definition) is 1. The van der Waals surface area contributed by atoms with Crippen LogP contribution >= 0.6 is 11.6 Å². The van der Waals surface area contributed by atoms with Crippen molar-refractivity contribution in [3.63, 3.8) is 0 Å². The van der Waals surface area contributed by atoms with Crippen LogP contribution in [0.2, 0.25) is 5.02 Å². The van der Waals surface area contributed by atoms with Crippen molar-refractivity contribution in [1.82, 2.24) is 4.98 Å². The second-order valence-electron chi connectivity index (χ2n) is 4.14. The minimum Gasteiger partial charge on any atom is -0.478 e. The number of ether oxygens (including phenoxy) is 1. The molecular formula is C15H12ClNO3. The lowest BCUT2D eigenvalue weighted by molar-refractivity contribution is -0.131. The first-order valence-corrected chi connectivity index (χ1v) is 6.22. The number of aromatic nitrogens is 1. The summed E-state index contributed by atoms with van der Waals surface area (Å²) in [5, 5.41) is 9.09. The summed E-state index contributed by atoms with van der Waals surface area (Å²) in [6.45, 7) is 1.88. The van der Waals surface area contributed by atoms with E-state index in [4.69, 9.17) is 21.4 Å². The molecule has 2 rings (SSSR count). The minimum absolute atomic E-state index is 0.501. The van der Waals surface area contributed by atoms with E-state index >= 15 is 0 Å². The molecular weight excluding hydrogens is 278 g/mol. The highest BCUT2D eigenvalue weighted by Gasteiger charge is 2.03. The predicted octanol–water partition coefficient (Wildman–Crippen LogP) is 3.93. The molecule has 1 aromatic heterocycles. The number of aliphatic carboxylic acids is 1. The molecule has 0 atom stereocenters. The molecule has 0 aliphatic carbocycles. The smallest absolute Gasteiger partial charge is 0.328 e. The Morgan fingerprint density at radius 3 is 2.80 bits per heavy atom. The predicted molar refractivity (Wildman–Crippen MR) is 77.2 cm³/mol. The van der Waals surface area contributed by atoms with E-state index in [9.17, 15) is 4.79 Å². The van der Waals surface area contributed by atoms with Crippen LogP contribution in [0.4, 0.5) is 0 Å². The Kier molecular flexibility index (Phi) is 4.38. The lowest BCUT2D eigenvalue weighted by Crippen LogP contribution is -1.90. The third-order valence-corrected chi connectivity index (χ3v) is 2.73. The van der Waals surface area contributed by atoms with Crippen molar-refractivity contribution < 1.29 is 14.6 Å². The number of benzene rings is 1. The van der Waals surface area contributed by atoms with Crippen LogP contribution in [0.3, 0.4) is 0 Å². The van der Waals surface area contributed by atoms with Crippen molar-refractivity contribution in [2.24, 2.45) is 0 Å². The summed E-state index contributed by atoms with van der Waals surface area (Å²) in [5.41, 5.74) is 1.68. The molecule has 1 heterocycles. The van der Waals surface area contributed by atoms with Gasteiger partial charge in [0.2, 0.25) is 0 Å². The lowest BCUT2D eigenvalue weighted by Gasteiger charge is -2.09.